The zero-order valence-electron chi connectivity index (χ0n) is 15.4. The Balaban J connectivity index is 2.41. The lowest BCUT2D eigenvalue weighted by Gasteiger charge is -2.15. The molecule has 0 aliphatic carbocycles. The molecular formula is C20H21FO6. The number of hydrogen-bond acceptors (Lipinski definition) is 6. The molecule has 0 atom stereocenters. The van der Waals surface area contributed by atoms with Crippen LogP contribution in [0.25, 0.3) is 6.08 Å². The molecule has 0 heterocycles. The van der Waals surface area contributed by atoms with Gasteiger partial charge in [-0.2, -0.15) is 0 Å². The minimum absolute atomic E-state index is 0.0647. The molecular weight excluding hydrogens is 355 g/mol. The Hall–Kier alpha value is -2.90. The molecule has 0 unspecified atom stereocenters. The Morgan fingerprint density at radius 3 is 2.15 bits per heavy atom. The van der Waals surface area contributed by atoms with Crippen LogP contribution in [0.4, 0.5) is 4.39 Å². The molecule has 27 heavy (non-hydrogen) atoms. The van der Waals surface area contributed by atoms with Crippen molar-refractivity contribution in [2.75, 3.05) is 34.9 Å². The normalized spacial score (nSPS) is 10.8. The monoisotopic (exact) mass is 376 g/mol. The molecule has 0 saturated heterocycles. The number of ether oxygens (including phenoxy) is 5. The van der Waals surface area contributed by atoms with Crippen LogP contribution in [0.3, 0.4) is 0 Å². The molecule has 7 heteroatoms. The van der Waals surface area contributed by atoms with Crippen molar-refractivity contribution in [3.05, 3.63) is 59.4 Å². The van der Waals surface area contributed by atoms with Crippen LogP contribution in [0.1, 0.15) is 15.9 Å². The number of hydrogen-bond donors (Lipinski definition) is 0. The van der Waals surface area contributed by atoms with Crippen LogP contribution in [0.5, 0.6) is 17.2 Å². The van der Waals surface area contributed by atoms with Gasteiger partial charge in [0.05, 0.1) is 7.11 Å². The number of methoxy groups -OCH3 is 3. The van der Waals surface area contributed by atoms with Crippen LogP contribution in [0, 0.1) is 5.82 Å². The number of rotatable bonds is 10. The zero-order valence-corrected chi connectivity index (χ0v) is 15.4. The van der Waals surface area contributed by atoms with E-state index in [1.165, 1.54) is 45.6 Å². The number of benzene rings is 2. The number of carbonyl (C=O) groups excluding carboxylic acids is 1. The van der Waals surface area contributed by atoms with Crippen LogP contribution < -0.4 is 14.2 Å². The van der Waals surface area contributed by atoms with Crippen LogP contribution in [0.2, 0.25) is 0 Å². The molecule has 0 aliphatic rings. The summed E-state index contributed by atoms with van der Waals surface area (Å²) < 4.78 is 39.4. The standard InChI is InChI=1S/C20H21FO6/c1-23-12-26-18-10-16(25-3)11-19(27-13-24-2)20(18)17(22)8-7-14-5-4-6-15(21)9-14/h4-11H,12-13H2,1-3H3/b8-7+. The minimum Gasteiger partial charge on any atom is -0.496 e. The molecule has 2 aromatic carbocycles. The highest BCUT2D eigenvalue weighted by atomic mass is 19.1. The van der Waals surface area contributed by atoms with Crippen molar-refractivity contribution in [2.24, 2.45) is 0 Å². The summed E-state index contributed by atoms with van der Waals surface area (Å²) >= 11 is 0. The maximum Gasteiger partial charge on any atom is 0.193 e. The van der Waals surface area contributed by atoms with Gasteiger partial charge in [0.2, 0.25) is 0 Å². The van der Waals surface area contributed by atoms with Gasteiger partial charge in [0.15, 0.2) is 19.4 Å². The molecule has 0 amide bonds. The summed E-state index contributed by atoms with van der Waals surface area (Å²) in [6.07, 6.45) is 2.83. The number of allylic oxidation sites excluding steroid dienone is 1. The van der Waals surface area contributed by atoms with E-state index < -0.39 is 0 Å². The van der Waals surface area contributed by atoms with Gasteiger partial charge in [-0.25, -0.2) is 4.39 Å². The van der Waals surface area contributed by atoms with E-state index >= 15 is 0 Å². The second-order valence-corrected chi connectivity index (χ2v) is 5.35. The van der Waals surface area contributed by atoms with Gasteiger partial charge < -0.3 is 23.7 Å². The molecule has 0 saturated carbocycles. The van der Waals surface area contributed by atoms with Crippen molar-refractivity contribution >= 4 is 11.9 Å². The quantitative estimate of drug-likeness (QED) is 0.358. The fourth-order valence-electron chi connectivity index (χ4n) is 2.26. The van der Waals surface area contributed by atoms with E-state index in [-0.39, 0.29) is 42.2 Å². The third-order valence-electron chi connectivity index (χ3n) is 3.46. The maximum absolute atomic E-state index is 13.3. The predicted octanol–water partition coefficient (Wildman–Crippen LogP) is 3.70. The van der Waals surface area contributed by atoms with Gasteiger partial charge in [-0.15, -0.1) is 0 Å². The van der Waals surface area contributed by atoms with Gasteiger partial charge in [0.25, 0.3) is 0 Å². The van der Waals surface area contributed by atoms with Crippen molar-refractivity contribution < 1.29 is 32.9 Å². The lowest BCUT2D eigenvalue weighted by Crippen LogP contribution is -2.09. The summed E-state index contributed by atoms with van der Waals surface area (Å²) in [6, 6.07) is 9.01. The first-order valence-electron chi connectivity index (χ1n) is 8.02. The molecule has 6 nitrogen and oxygen atoms in total. The van der Waals surface area contributed by atoms with E-state index in [2.05, 4.69) is 0 Å². The van der Waals surface area contributed by atoms with Gasteiger partial charge in [-0.3, -0.25) is 4.79 Å². The van der Waals surface area contributed by atoms with E-state index in [4.69, 9.17) is 23.7 Å². The predicted molar refractivity (Wildman–Crippen MR) is 97.8 cm³/mol. The summed E-state index contributed by atoms with van der Waals surface area (Å²) in [7, 11) is 4.42. The van der Waals surface area contributed by atoms with E-state index in [0.717, 1.165) is 0 Å². The second-order valence-electron chi connectivity index (χ2n) is 5.35. The van der Waals surface area contributed by atoms with Crippen molar-refractivity contribution in [3.63, 3.8) is 0 Å². The molecule has 0 radical (unpaired) electrons. The summed E-state index contributed by atoms with van der Waals surface area (Å²) in [6.45, 7) is -0.129. The van der Waals surface area contributed by atoms with Crippen LogP contribution in [0.15, 0.2) is 42.5 Å². The van der Waals surface area contributed by atoms with E-state index in [9.17, 15) is 9.18 Å². The van der Waals surface area contributed by atoms with Crippen molar-refractivity contribution in [2.45, 2.75) is 0 Å². The average molecular weight is 376 g/mol. The molecule has 0 aromatic heterocycles. The largest absolute Gasteiger partial charge is 0.496 e. The average Bonchev–Trinajstić information content (AvgIpc) is 2.68. The topological polar surface area (TPSA) is 63.2 Å². The van der Waals surface area contributed by atoms with E-state index in [0.29, 0.717) is 11.3 Å². The van der Waals surface area contributed by atoms with Crippen molar-refractivity contribution in [1.29, 1.82) is 0 Å². The third kappa shape index (κ3) is 5.80. The highest BCUT2D eigenvalue weighted by Crippen LogP contribution is 2.35. The van der Waals surface area contributed by atoms with Crippen molar-refractivity contribution in [1.82, 2.24) is 0 Å². The van der Waals surface area contributed by atoms with Gasteiger partial charge in [0.1, 0.15) is 28.6 Å². The highest BCUT2D eigenvalue weighted by Gasteiger charge is 2.20. The Bertz CT molecular complexity index is 774. The third-order valence-corrected chi connectivity index (χ3v) is 3.46. The zero-order chi connectivity index (χ0) is 19.6. The first-order chi connectivity index (χ1) is 13.1. The number of halogens is 1. The van der Waals surface area contributed by atoms with Gasteiger partial charge in [-0.1, -0.05) is 18.2 Å². The fraction of sp³-hybridized carbons (Fsp3) is 0.250. The lowest BCUT2D eigenvalue weighted by atomic mass is 10.1. The summed E-state index contributed by atoms with van der Waals surface area (Å²) in [5, 5.41) is 0. The first-order valence-corrected chi connectivity index (χ1v) is 8.02. The Kier molecular flexibility index (Phi) is 7.79. The second kappa shape index (κ2) is 10.3. The van der Waals surface area contributed by atoms with Crippen LogP contribution in [-0.2, 0) is 9.47 Å². The summed E-state index contributed by atoms with van der Waals surface area (Å²) in [5.41, 5.74) is 0.730. The van der Waals surface area contributed by atoms with E-state index in [1.54, 1.807) is 24.3 Å². The lowest BCUT2D eigenvalue weighted by molar-refractivity contribution is 0.0444. The van der Waals surface area contributed by atoms with Crippen molar-refractivity contribution in [3.8, 4) is 17.2 Å². The van der Waals surface area contributed by atoms with E-state index in [1.807, 2.05) is 0 Å². The van der Waals surface area contributed by atoms with Gasteiger partial charge in [-0.05, 0) is 23.8 Å². The van der Waals surface area contributed by atoms with Gasteiger partial charge >= 0.3 is 0 Å². The SMILES string of the molecule is COCOc1cc(OC)cc(OCOC)c1C(=O)/C=C/c1cccc(F)c1. The summed E-state index contributed by atoms with van der Waals surface area (Å²) in [4.78, 5) is 12.8. The Morgan fingerprint density at radius 2 is 1.63 bits per heavy atom. The molecule has 144 valence electrons. The number of carbonyl (C=O) groups is 1. The smallest absolute Gasteiger partial charge is 0.193 e. The van der Waals surface area contributed by atoms with Crippen LogP contribution in [-0.4, -0.2) is 40.7 Å². The fourth-order valence-corrected chi connectivity index (χ4v) is 2.26. The molecule has 0 aliphatic heterocycles. The molecule has 0 fully saturated rings. The number of ketones is 1. The molecule has 0 spiro atoms. The maximum atomic E-state index is 13.3. The summed E-state index contributed by atoms with van der Waals surface area (Å²) in [5.74, 6) is 0.131. The molecule has 2 rings (SSSR count). The highest BCUT2D eigenvalue weighted by molar-refractivity contribution is 6.10. The molecule has 0 N–H and O–H groups in total. The van der Waals surface area contributed by atoms with Gasteiger partial charge in [0, 0.05) is 26.4 Å². The Labute approximate surface area is 157 Å². The first kappa shape index (κ1) is 20.4. The van der Waals surface area contributed by atoms with Crippen LogP contribution >= 0.6 is 0 Å². The molecule has 0 bridgehead atoms. The molecule has 2 aromatic rings. The Morgan fingerprint density at radius 1 is 1.00 bits per heavy atom. The minimum atomic E-state index is -0.390.